The Bertz CT molecular complexity index is 194. The van der Waals surface area contributed by atoms with Crippen molar-refractivity contribution < 1.29 is 0 Å². The summed E-state index contributed by atoms with van der Waals surface area (Å²) in [6.45, 7) is 6.83. The van der Waals surface area contributed by atoms with Crippen molar-refractivity contribution in [1.29, 1.82) is 0 Å². The van der Waals surface area contributed by atoms with Crippen LogP contribution in [0.3, 0.4) is 0 Å². The van der Waals surface area contributed by atoms with Crippen molar-refractivity contribution in [2.75, 3.05) is 0 Å². The normalized spacial score (nSPS) is 22.7. The van der Waals surface area contributed by atoms with E-state index in [2.05, 4.69) is 20.8 Å². The van der Waals surface area contributed by atoms with Crippen LogP contribution >= 0.6 is 0 Å². The van der Waals surface area contributed by atoms with Crippen molar-refractivity contribution in [3.05, 3.63) is 0 Å². The van der Waals surface area contributed by atoms with E-state index < -0.39 is 0 Å². The average Bonchev–Trinajstić information content (AvgIpc) is 2.37. The zero-order valence-corrected chi connectivity index (χ0v) is 10.8. The minimum absolute atomic E-state index is 0.652. The second kappa shape index (κ2) is 7.03. The van der Waals surface area contributed by atoms with E-state index in [9.17, 15) is 0 Å². The zero-order valence-electron chi connectivity index (χ0n) is 10.8. The van der Waals surface area contributed by atoms with Gasteiger partial charge in [-0.2, -0.15) is 0 Å². The van der Waals surface area contributed by atoms with Crippen molar-refractivity contribution >= 4 is 5.71 Å². The van der Waals surface area contributed by atoms with E-state index in [1.165, 1.54) is 57.1 Å². The molecule has 0 saturated carbocycles. The molecule has 1 rings (SSSR count). The fourth-order valence-corrected chi connectivity index (χ4v) is 2.34. The minimum atomic E-state index is 0.652. The van der Waals surface area contributed by atoms with E-state index in [-0.39, 0.29) is 0 Å². The van der Waals surface area contributed by atoms with Gasteiger partial charge in [-0.15, -0.1) is 0 Å². The summed E-state index contributed by atoms with van der Waals surface area (Å²) >= 11 is 0. The molecule has 0 aromatic rings. The summed E-state index contributed by atoms with van der Waals surface area (Å²) < 4.78 is 0. The maximum Gasteiger partial charge on any atom is 0.0498 e. The van der Waals surface area contributed by atoms with Crippen LogP contribution in [-0.2, 0) is 0 Å². The van der Waals surface area contributed by atoms with Gasteiger partial charge in [-0.3, -0.25) is 4.99 Å². The average molecular weight is 209 g/mol. The van der Waals surface area contributed by atoms with Gasteiger partial charge in [0.15, 0.2) is 0 Å². The largest absolute Gasteiger partial charge is 0.291 e. The highest BCUT2D eigenvalue weighted by Gasteiger charge is 2.10. The zero-order chi connectivity index (χ0) is 11.1. The molecule has 0 aromatic carbocycles. The molecule has 1 aliphatic rings. The summed E-state index contributed by atoms with van der Waals surface area (Å²) in [5.41, 5.74) is 1.39. The molecule has 1 nitrogen and oxygen atoms in total. The molecule has 15 heavy (non-hydrogen) atoms. The van der Waals surface area contributed by atoms with Gasteiger partial charge < -0.3 is 0 Å². The summed E-state index contributed by atoms with van der Waals surface area (Å²) in [7, 11) is 0. The van der Waals surface area contributed by atoms with Gasteiger partial charge in [0.05, 0.1) is 0 Å². The third kappa shape index (κ3) is 5.96. The maximum absolute atomic E-state index is 4.81. The van der Waals surface area contributed by atoms with Crippen LogP contribution in [0.5, 0.6) is 0 Å². The minimum Gasteiger partial charge on any atom is -0.291 e. The van der Waals surface area contributed by atoms with E-state index in [0.29, 0.717) is 6.04 Å². The summed E-state index contributed by atoms with van der Waals surface area (Å²) in [6, 6.07) is 0.652. The lowest BCUT2D eigenvalue weighted by Gasteiger charge is -2.11. The van der Waals surface area contributed by atoms with Gasteiger partial charge in [0.1, 0.15) is 0 Å². The number of nitrogens with zero attached hydrogens (tertiary/aromatic N) is 1. The Kier molecular flexibility index (Phi) is 5.97. The lowest BCUT2D eigenvalue weighted by atomic mass is 10.0. The molecule has 1 heterocycles. The second-order valence-electron chi connectivity index (χ2n) is 5.44. The predicted octanol–water partition coefficient (Wildman–Crippen LogP) is 4.61. The predicted molar refractivity (Wildman–Crippen MR) is 68.7 cm³/mol. The standard InChI is InChI=1S/C14H27N/c1-12(2)8-4-6-10-14-11-7-5-9-13(3)15-14/h12,14H,4-11H2,1-3H3/t14-/m0/s1. The molecule has 0 bridgehead atoms. The maximum atomic E-state index is 4.81. The Balaban J connectivity index is 2.16. The quantitative estimate of drug-likeness (QED) is 0.586. The molecule has 0 aromatic heterocycles. The van der Waals surface area contributed by atoms with Gasteiger partial charge >= 0.3 is 0 Å². The molecule has 0 radical (unpaired) electrons. The number of unbranched alkanes of at least 4 members (excludes halogenated alkanes) is 1. The molecule has 1 aliphatic heterocycles. The van der Waals surface area contributed by atoms with Crippen LogP contribution in [0.2, 0.25) is 0 Å². The highest BCUT2D eigenvalue weighted by atomic mass is 14.8. The molecule has 0 saturated heterocycles. The second-order valence-corrected chi connectivity index (χ2v) is 5.44. The summed E-state index contributed by atoms with van der Waals surface area (Å²) in [5, 5.41) is 0. The van der Waals surface area contributed by atoms with Gasteiger partial charge in [-0.05, 0) is 38.5 Å². The molecule has 0 amide bonds. The number of hydrogen-bond donors (Lipinski definition) is 0. The van der Waals surface area contributed by atoms with Crippen LogP contribution in [0.4, 0.5) is 0 Å². The van der Waals surface area contributed by atoms with Crippen LogP contribution in [0, 0.1) is 5.92 Å². The Morgan fingerprint density at radius 1 is 1.27 bits per heavy atom. The van der Waals surface area contributed by atoms with Crippen molar-refractivity contribution in [3.63, 3.8) is 0 Å². The molecule has 1 heteroatoms. The third-order valence-electron chi connectivity index (χ3n) is 3.30. The Morgan fingerprint density at radius 3 is 2.80 bits per heavy atom. The van der Waals surface area contributed by atoms with E-state index in [4.69, 9.17) is 4.99 Å². The first-order valence-electron chi connectivity index (χ1n) is 6.71. The van der Waals surface area contributed by atoms with E-state index in [1.807, 2.05) is 0 Å². The van der Waals surface area contributed by atoms with E-state index in [1.54, 1.807) is 0 Å². The topological polar surface area (TPSA) is 12.4 Å². The summed E-state index contributed by atoms with van der Waals surface area (Å²) in [5.74, 6) is 0.865. The SMILES string of the molecule is CC1=N[C@@H](CCCCC(C)C)CCCC1. The Morgan fingerprint density at radius 2 is 2.07 bits per heavy atom. The lowest BCUT2D eigenvalue weighted by Crippen LogP contribution is -2.05. The molecule has 1 atom stereocenters. The van der Waals surface area contributed by atoms with E-state index >= 15 is 0 Å². The van der Waals surface area contributed by atoms with Crippen molar-refractivity contribution in [2.24, 2.45) is 10.9 Å². The van der Waals surface area contributed by atoms with Crippen LogP contribution < -0.4 is 0 Å². The number of hydrogen-bond acceptors (Lipinski definition) is 1. The van der Waals surface area contributed by atoms with Gasteiger partial charge in [0.2, 0.25) is 0 Å². The smallest absolute Gasteiger partial charge is 0.0498 e. The van der Waals surface area contributed by atoms with Crippen molar-refractivity contribution in [3.8, 4) is 0 Å². The molecule has 0 N–H and O–H groups in total. The fraction of sp³-hybridized carbons (Fsp3) is 0.929. The highest BCUT2D eigenvalue weighted by Crippen LogP contribution is 2.19. The first-order valence-corrected chi connectivity index (χ1v) is 6.71. The van der Waals surface area contributed by atoms with Gasteiger partial charge in [0, 0.05) is 11.8 Å². The summed E-state index contributed by atoms with van der Waals surface area (Å²) in [4.78, 5) is 4.81. The molecule has 0 unspecified atom stereocenters. The first kappa shape index (κ1) is 12.7. The van der Waals surface area contributed by atoms with Gasteiger partial charge in [0.25, 0.3) is 0 Å². The van der Waals surface area contributed by atoms with Crippen molar-refractivity contribution in [1.82, 2.24) is 0 Å². The monoisotopic (exact) mass is 209 g/mol. The fourth-order valence-electron chi connectivity index (χ4n) is 2.34. The molecule has 0 fully saturated rings. The van der Waals surface area contributed by atoms with Crippen LogP contribution in [-0.4, -0.2) is 11.8 Å². The van der Waals surface area contributed by atoms with Crippen molar-refractivity contribution in [2.45, 2.75) is 78.2 Å². The third-order valence-corrected chi connectivity index (χ3v) is 3.30. The van der Waals surface area contributed by atoms with Crippen LogP contribution in [0.15, 0.2) is 4.99 Å². The van der Waals surface area contributed by atoms with Crippen LogP contribution in [0.25, 0.3) is 0 Å². The molecular formula is C14H27N. The molecule has 88 valence electrons. The summed E-state index contributed by atoms with van der Waals surface area (Å²) in [6.07, 6.45) is 10.8. The molecule has 0 spiro atoms. The van der Waals surface area contributed by atoms with Gasteiger partial charge in [-0.25, -0.2) is 0 Å². The number of aliphatic imine (C=N–C) groups is 1. The Labute approximate surface area is 95.4 Å². The lowest BCUT2D eigenvalue weighted by molar-refractivity contribution is 0.482. The first-order chi connectivity index (χ1) is 7.18. The highest BCUT2D eigenvalue weighted by molar-refractivity contribution is 5.82. The molecular weight excluding hydrogens is 182 g/mol. The molecule has 0 aliphatic carbocycles. The van der Waals surface area contributed by atoms with Gasteiger partial charge in [-0.1, -0.05) is 39.5 Å². The van der Waals surface area contributed by atoms with Crippen LogP contribution in [0.1, 0.15) is 72.1 Å². The van der Waals surface area contributed by atoms with E-state index in [0.717, 1.165) is 5.92 Å². The Hall–Kier alpha value is -0.330. The number of rotatable bonds is 5.